The minimum Gasteiger partial charge on any atom is -0.423 e. The van der Waals surface area contributed by atoms with Crippen LogP contribution >= 0.6 is 0 Å². The number of hydrogen-bond donors (Lipinski definition) is 1. The van der Waals surface area contributed by atoms with E-state index >= 15 is 0 Å². The van der Waals surface area contributed by atoms with Crippen LogP contribution < -0.4 is 15.0 Å². The van der Waals surface area contributed by atoms with Crippen molar-refractivity contribution in [3.05, 3.63) is 106 Å². The molecule has 1 N–H and O–H groups in total. The number of piperidine rings is 1. The number of esters is 1. The molecule has 1 amide bonds. The predicted octanol–water partition coefficient (Wildman–Crippen LogP) is 5.27. The summed E-state index contributed by atoms with van der Waals surface area (Å²) in [7, 11) is 0. The molecule has 0 saturated carbocycles. The molecule has 1 fully saturated rings. The van der Waals surface area contributed by atoms with Gasteiger partial charge in [0.25, 0.3) is 5.91 Å². The highest BCUT2D eigenvalue weighted by atomic mass is 16.5. The molecule has 248 valence electrons. The van der Waals surface area contributed by atoms with Crippen molar-refractivity contribution in [3.8, 4) is 11.8 Å². The van der Waals surface area contributed by atoms with Crippen LogP contribution in [-0.2, 0) is 6.54 Å². The lowest BCUT2D eigenvalue weighted by Crippen LogP contribution is -2.48. The van der Waals surface area contributed by atoms with Crippen LogP contribution in [0.4, 0.5) is 5.69 Å². The maximum Gasteiger partial charge on any atom is 0.347 e. The smallest absolute Gasteiger partial charge is 0.347 e. The first-order valence-electron chi connectivity index (χ1n) is 16.3. The van der Waals surface area contributed by atoms with E-state index < -0.39 is 5.97 Å². The number of nitrogens with one attached hydrogen (secondary N) is 1. The van der Waals surface area contributed by atoms with Crippen LogP contribution in [0.2, 0.25) is 0 Å². The Labute approximate surface area is 282 Å². The lowest BCUT2D eigenvalue weighted by atomic mass is 9.99. The second-order valence-electron chi connectivity index (χ2n) is 12.3. The van der Waals surface area contributed by atoms with Gasteiger partial charge in [-0.1, -0.05) is 12.1 Å². The van der Waals surface area contributed by atoms with E-state index in [4.69, 9.17) is 4.74 Å². The summed E-state index contributed by atoms with van der Waals surface area (Å²) < 4.78 is 5.70. The van der Waals surface area contributed by atoms with Crippen LogP contribution in [0.1, 0.15) is 80.8 Å². The standard InChI is InChI=1S/C37H42N8O3/c1-24(13-16-39-36(46)34-25(2)40-22-41-26(34)3)44-17-14-32(15-18-44)45(21-30-8-6-7-29(19-30)20-38)31-9-11-33(12-10-31)48-37(47)35-27(4)42-23-43-28(35)5/h6-12,19,22-24,32H,13-18,21H2,1-5H3,(H,39,46). The highest BCUT2D eigenvalue weighted by molar-refractivity contribution is 5.96. The van der Waals surface area contributed by atoms with Gasteiger partial charge in [0.1, 0.15) is 24.0 Å². The lowest BCUT2D eigenvalue weighted by molar-refractivity contribution is 0.0731. The van der Waals surface area contributed by atoms with Gasteiger partial charge in [-0.25, -0.2) is 24.7 Å². The zero-order valence-corrected chi connectivity index (χ0v) is 28.2. The Bertz CT molecular complexity index is 1760. The first-order valence-corrected chi connectivity index (χ1v) is 16.3. The number of ether oxygens (including phenoxy) is 1. The third-order valence-electron chi connectivity index (χ3n) is 9.08. The average Bonchev–Trinajstić information content (AvgIpc) is 3.07. The van der Waals surface area contributed by atoms with Crippen LogP contribution in [0.3, 0.4) is 0 Å². The van der Waals surface area contributed by atoms with Gasteiger partial charge < -0.3 is 19.9 Å². The summed E-state index contributed by atoms with van der Waals surface area (Å²) in [5, 5.41) is 12.5. The largest absolute Gasteiger partial charge is 0.423 e. The molecular weight excluding hydrogens is 604 g/mol. The van der Waals surface area contributed by atoms with Crippen molar-refractivity contribution < 1.29 is 14.3 Å². The van der Waals surface area contributed by atoms with Crippen molar-refractivity contribution in [2.24, 2.45) is 0 Å². The zero-order chi connectivity index (χ0) is 34.2. The van der Waals surface area contributed by atoms with Crippen LogP contribution in [0.15, 0.2) is 61.2 Å². The molecule has 1 aliphatic rings. The van der Waals surface area contributed by atoms with Gasteiger partial charge in [-0.3, -0.25) is 4.79 Å². The molecule has 0 bridgehead atoms. The summed E-state index contributed by atoms with van der Waals surface area (Å²) in [6.07, 6.45) is 5.66. The molecule has 0 aliphatic carbocycles. The van der Waals surface area contributed by atoms with Crippen LogP contribution in [0, 0.1) is 39.0 Å². The Hall–Kier alpha value is -5.21. The number of nitriles is 1. The monoisotopic (exact) mass is 646 g/mol. The number of aryl methyl sites for hydroxylation is 4. The van der Waals surface area contributed by atoms with E-state index in [-0.39, 0.29) is 11.9 Å². The van der Waals surface area contributed by atoms with Gasteiger partial charge in [0.05, 0.1) is 40.0 Å². The zero-order valence-electron chi connectivity index (χ0n) is 28.2. The Morgan fingerprint density at radius 2 is 1.54 bits per heavy atom. The molecule has 11 nitrogen and oxygen atoms in total. The van der Waals surface area contributed by atoms with E-state index in [9.17, 15) is 14.9 Å². The molecule has 4 aromatic rings. The summed E-state index contributed by atoms with van der Waals surface area (Å²) in [5.74, 6) is -0.171. The van der Waals surface area contributed by atoms with Crippen molar-refractivity contribution in [3.63, 3.8) is 0 Å². The van der Waals surface area contributed by atoms with Gasteiger partial charge in [-0.05, 0) is 95.8 Å². The summed E-state index contributed by atoms with van der Waals surface area (Å²) >= 11 is 0. The Kier molecular flexibility index (Phi) is 11.1. The third kappa shape index (κ3) is 8.19. The van der Waals surface area contributed by atoms with Crippen molar-refractivity contribution in [1.82, 2.24) is 30.2 Å². The molecule has 2 aromatic heterocycles. The number of benzene rings is 2. The summed E-state index contributed by atoms with van der Waals surface area (Å²) in [6.45, 7) is 12.5. The van der Waals surface area contributed by atoms with E-state index in [0.717, 1.165) is 43.6 Å². The average molecular weight is 647 g/mol. The molecule has 0 spiro atoms. The topological polar surface area (TPSA) is 137 Å². The number of likely N-dealkylation sites (tertiary alicyclic amines) is 1. The summed E-state index contributed by atoms with van der Waals surface area (Å²) in [6, 6.07) is 18.1. The first kappa shape index (κ1) is 34.1. The number of hydrogen-bond acceptors (Lipinski definition) is 10. The van der Waals surface area contributed by atoms with Gasteiger partial charge in [0, 0.05) is 44.0 Å². The number of amides is 1. The molecule has 5 rings (SSSR count). The normalized spacial score (nSPS) is 14.2. The molecule has 1 unspecified atom stereocenters. The molecule has 0 radical (unpaired) electrons. The second-order valence-corrected chi connectivity index (χ2v) is 12.3. The second kappa shape index (κ2) is 15.6. The number of carbonyl (C=O) groups excluding carboxylic acids is 2. The van der Waals surface area contributed by atoms with Crippen LogP contribution in [0.25, 0.3) is 0 Å². The SMILES string of the molecule is Cc1ncnc(C)c1C(=O)NCCC(C)N1CCC(N(Cc2cccc(C#N)c2)c2ccc(OC(=O)c3c(C)ncnc3C)cc2)CC1. The molecule has 48 heavy (non-hydrogen) atoms. The molecular formula is C37H42N8O3. The van der Waals surface area contributed by atoms with E-state index in [0.29, 0.717) is 64.3 Å². The van der Waals surface area contributed by atoms with Crippen LogP contribution in [-0.4, -0.2) is 68.4 Å². The Balaban J connectivity index is 1.23. The number of anilines is 1. The molecule has 2 aromatic carbocycles. The number of nitrogens with zero attached hydrogens (tertiary/aromatic N) is 7. The Morgan fingerprint density at radius 1 is 0.938 bits per heavy atom. The van der Waals surface area contributed by atoms with Crippen molar-refractivity contribution in [2.75, 3.05) is 24.5 Å². The van der Waals surface area contributed by atoms with Crippen molar-refractivity contribution in [1.29, 1.82) is 5.26 Å². The van der Waals surface area contributed by atoms with E-state index in [1.807, 2.05) is 62.4 Å². The van der Waals surface area contributed by atoms with Crippen LogP contribution in [0.5, 0.6) is 5.75 Å². The van der Waals surface area contributed by atoms with E-state index in [1.165, 1.54) is 12.7 Å². The van der Waals surface area contributed by atoms with E-state index in [2.05, 4.69) is 48.0 Å². The van der Waals surface area contributed by atoms with Gasteiger partial charge in [0.2, 0.25) is 0 Å². The first-order chi connectivity index (χ1) is 23.1. The van der Waals surface area contributed by atoms with Crippen molar-refractivity contribution in [2.45, 2.75) is 72.5 Å². The number of rotatable bonds is 11. The third-order valence-corrected chi connectivity index (χ3v) is 9.08. The molecule has 11 heteroatoms. The minimum atomic E-state index is -0.483. The fourth-order valence-corrected chi connectivity index (χ4v) is 6.34. The summed E-state index contributed by atoms with van der Waals surface area (Å²) in [5.41, 5.74) is 6.14. The molecule has 1 atom stereocenters. The molecule has 1 aliphatic heterocycles. The lowest BCUT2D eigenvalue weighted by Gasteiger charge is -2.42. The highest BCUT2D eigenvalue weighted by Gasteiger charge is 2.28. The fourth-order valence-electron chi connectivity index (χ4n) is 6.34. The predicted molar refractivity (Wildman–Crippen MR) is 183 cm³/mol. The fraction of sp³-hybridized carbons (Fsp3) is 0.378. The minimum absolute atomic E-state index is 0.132. The Morgan fingerprint density at radius 3 is 2.15 bits per heavy atom. The maximum absolute atomic E-state index is 12.9. The van der Waals surface area contributed by atoms with Gasteiger partial charge in [0.15, 0.2) is 0 Å². The number of carbonyl (C=O) groups is 2. The molecule has 1 saturated heterocycles. The summed E-state index contributed by atoms with van der Waals surface area (Å²) in [4.78, 5) is 47.2. The highest BCUT2D eigenvalue weighted by Crippen LogP contribution is 2.29. The van der Waals surface area contributed by atoms with Gasteiger partial charge in [-0.15, -0.1) is 0 Å². The van der Waals surface area contributed by atoms with Gasteiger partial charge >= 0.3 is 5.97 Å². The molecule has 3 heterocycles. The van der Waals surface area contributed by atoms with Gasteiger partial charge in [-0.2, -0.15) is 5.26 Å². The maximum atomic E-state index is 12.9. The quantitative estimate of drug-likeness (QED) is 0.169. The number of aromatic nitrogens is 4. The van der Waals surface area contributed by atoms with E-state index in [1.54, 1.807) is 13.8 Å². The van der Waals surface area contributed by atoms with Crippen molar-refractivity contribution >= 4 is 17.6 Å².